The van der Waals surface area contributed by atoms with Gasteiger partial charge in [-0.15, -0.1) is 0 Å². The summed E-state index contributed by atoms with van der Waals surface area (Å²) in [6.07, 6.45) is 0.0406. The Morgan fingerprint density at radius 2 is 2.06 bits per heavy atom. The number of alkyl halides is 2. The van der Waals surface area contributed by atoms with E-state index in [4.69, 9.17) is 0 Å². The Labute approximate surface area is 180 Å². The van der Waals surface area contributed by atoms with Crippen LogP contribution in [0.15, 0.2) is 29.2 Å². The van der Waals surface area contributed by atoms with Gasteiger partial charge in [-0.1, -0.05) is 6.07 Å². The molecule has 1 aromatic heterocycles. The highest BCUT2D eigenvalue weighted by Gasteiger charge is 2.38. The van der Waals surface area contributed by atoms with Gasteiger partial charge in [0.2, 0.25) is 5.43 Å². The van der Waals surface area contributed by atoms with E-state index >= 15 is 0 Å². The lowest BCUT2D eigenvalue weighted by atomic mass is 10.1. The number of rotatable bonds is 5. The van der Waals surface area contributed by atoms with Crippen LogP contribution < -0.4 is 10.7 Å². The number of likely N-dealkylation sites (tertiary alicyclic amines) is 1. The van der Waals surface area contributed by atoms with Crippen LogP contribution in [-0.4, -0.2) is 52.8 Å². The maximum absolute atomic E-state index is 14.2. The van der Waals surface area contributed by atoms with E-state index in [1.165, 1.54) is 0 Å². The summed E-state index contributed by atoms with van der Waals surface area (Å²) in [5.41, 5.74) is -2.36. The standard InChI is InChI=1S/C21H21F4N3O4/c1-27-5-4-21(24,25)7-14(9-27)28-10-15(18(30)19(31)17(28)11-29)20(32)26-8-12-2-3-13(22)6-16(12)23/h2-3,6,10-11,14,31H,4-5,7-9H2,1H3,(H,26,32). The molecule has 2 aromatic rings. The third-order valence-corrected chi connectivity index (χ3v) is 5.37. The number of aldehydes is 1. The first-order chi connectivity index (χ1) is 15.0. The van der Waals surface area contributed by atoms with Gasteiger partial charge in [-0.2, -0.15) is 0 Å². The predicted molar refractivity (Wildman–Crippen MR) is 106 cm³/mol. The molecule has 11 heteroatoms. The SMILES string of the molecule is CN1CCC(F)(F)CC(n2cc(C(=O)NCc3ccc(F)cc3F)c(=O)c(O)c2C=O)C1. The van der Waals surface area contributed by atoms with Crippen molar-refractivity contribution in [2.24, 2.45) is 0 Å². The Morgan fingerprint density at radius 3 is 2.72 bits per heavy atom. The highest BCUT2D eigenvalue weighted by atomic mass is 19.3. The van der Waals surface area contributed by atoms with Gasteiger partial charge in [0.05, 0.1) is 6.04 Å². The molecule has 1 aliphatic rings. The summed E-state index contributed by atoms with van der Waals surface area (Å²) in [5, 5.41) is 12.5. The van der Waals surface area contributed by atoms with Crippen molar-refractivity contribution in [3.63, 3.8) is 0 Å². The second kappa shape index (κ2) is 9.11. The smallest absolute Gasteiger partial charge is 0.257 e. The molecule has 0 bridgehead atoms. The minimum atomic E-state index is -3.06. The quantitative estimate of drug-likeness (QED) is 0.534. The minimum absolute atomic E-state index is 0.0566. The van der Waals surface area contributed by atoms with Gasteiger partial charge in [0.25, 0.3) is 11.8 Å². The van der Waals surface area contributed by atoms with Crippen LogP contribution in [0.5, 0.6) is 5.75 Å². The van der Waals surface area contributed by atoms with Crippen LogP contribution in [0, 0.1) is 11.6 Å². The van der Waals surface area contributed by atoms with E-state index in [0.29, 0.717) is 6.07 Å². The minimum Gasteiger partial charge on any atom is -0.503 e. The van der Waals surface area contributed by atoms with Gasteiger partial charge in [0, 0.05) is 50.3 Å². The highest BCUT2D eigenvalue weighted by molar-refractivity contribution is 5.95. The molecule has 1 amide bonds. The van der Waals surface area contributed by atoms with Crippen molar-refractivity contribution < 1.29 is 32.3 Å². The van der Waals surface area contributed by atoms with Gasteiger partial charge < -0.3 is 19.9 Å². The number of aromatic nitrogens is 1. The zero-order chi connectivity index (χ0) is 23.6. The second-order valence-electron chi connectivity index (χ2n) is 7.78. The van der Waals surface area contributed by atoms with E-state index in [9.17, 15) is 37.1 Å². The fourth-order valence-electron chi connectivity index (χ4n) is 3.65. The lowest BCUT2D eigenvalue weighted by Crippen LogP contribution is -2.33. The summed E-state index contributed by atoms with van der Waals surface area (Å²) in [5.74, 6) is -6.84. The Balaban J connectivity index is 1.96. The van der Waals surface area contributed by atoms with Crippen molar-refractivity contribution in [2.75, 3.05) is 20.1 Å². The molecule has 3 rings (SSSR count). The molecule has 1 saturated heterocycles. The Morgan fingerprint density at radius 1 is 1.34 bits per heavy atom. The van der Waals surface area contributed by atoms with E-state index < -0.39 is 71.3 Å². The largest absolute Gasteiger partial charge is 0.503 e. The topological polar surface area (TPSA) is 91.6 Å². The van der Waals surface area contributed by atoms with Crippen molar-refractivity contribution in [1.29, 1.82) is 0 Å². The van der Waals surface area contributed by atoms with Gasteiger partial charge in [-0.3, -0.25) is 14.4 Å². The van der Waals surface area contributed by atoms with Gasteiger partial charge in [0.1, 0.15) is 22.9 Å². The number of carbonyl (C=O) groups excluding carboxylic acids is 2. The average molecular weight is 455 g/mol. The number of hydrogen-bond acceptors (Lipinski definition) is 5. The normalized spacial score (nSPS) is 18.7. The first-order valence-electron chi connectivity index (χ1n) is 9.74. The third kappa shape index (κ3) is 4.98. The van der Waals surface area contributed by atoms with Gasteiger partial charge in [0.15, 0.2) is 12.0 Å². The van der Waals surface area contributed by atoms with Crippen LogP contribution in [0.2, 0.25) is 0 Å². The Bertz CT molecular complexity index is 1100. The van der Waals surface area contributed by atoms with E-state index in [1.54, 1.807) is 11.9 Å². The second-order valence-corrected chi connectivity index (χ2v) is 7.78. The lowest BCUT2D eigenvalue weighted by Gasteiger charge is -2.26. The molecule has 172 valence electrons. The molecular weight excluding hydrogens is 434 g/mol. The number of amides is 1. The first-order valence-corrected chi connectivity index (χ1v) is 9.74. The first kappa shape index (κ1) is 23.5. The molecule has 1 atom stereocenters. The van der Waals surface area contributed by atoms with E-state index in [2.05, 4.69) is 5.32 Å². The number of nitrogens with zero attached hydrogens (tertiary/aromatic N) is 2. The lowest BCUT2D eigenvalue weighted by molar-refractivity contribution is -0.0210. The molecule has 1 aliphatic heterocycles. The van der Waals surface area contributed by atoms with Gasteiger partial charge in [-0.05, 0) is 13.1 Å². The zero-order valence-corrected chi connectivity index (χ0v) is 17.1. The number of benzene rings is 1. The van der Waals surface area contributed by atoms with Crippen molar-refractivity contribution in [3.05, 3.63) is 63.1 Å². The number of nitrogens with one attached hydrogen (secondary N) is 1. The molecule has 0 aliphatic carbocycles. The van der Waals surface area contributed by atoms with E-state index in [0.717, 1.165) is 22.9 Å². The summed E-state index contributed by atoms with van der Waals surface area (Å²) in [6, 6.07) is 1.72. The highest BCUT2D eigenvalue weighted by Crippen LogP contribution is 2.34. The predicted octanol–water partition coefficient (Wildman–Crippen LogP) is 2.48. The summed E-state index contributed by atoms with van der Waals surface area (Å²) in [4.78, 5) is 38.2. The van der Waals surface area contributed by atoms with Gasteiger partial charge in [-0.25, -0.2) is 17.6 Å². The third-order valence-electron chi connectivity index (χ3n) is 5.37. The molecule has 1 fully saturated rings. The molecule has 2 N–H and O–H groups in total. The molecule has 1 unspecified atom stereocenters. The number of carbonyl (C=O) groups is 2. The van der Waals surface area contributed by atoms with Crippen LogP contribution in [-0.2, 0) is 6.54 Å². The Hall–Kier alpha value is -3.21. The fourth-order valence-corrected chi connectivity index (χ4v) is 3.65. The number of likely N-dealkylation sites (N-methyl/N-ethyl adjacent to an activating group) is 1. The van der Waals surface area contributed by atoms with Crippen molar-refractivity contribution >= 4 is 12.2 Å². The van der Waals surface area contributed by atoms with Crippen LogP contribution in [0.3, 0.4) is 0 Å². The molecular formula is C21H21F4N3O4. The maximum Gasteiger partial charge on any atom is 0.257 e. The fraction of sp³-hybridized carbons (Fsp3) is 0.381. The van der Waals surface area contributed by atoms with Crippen LogP contribution >= 0.6 is 0 Å². The number of aromatic hydroxyl groups is 1. The van der Waals surface area contributed by atoms with Gasteiger partial charge >= 0.3 is 0 Å². The average Bonchev–Trinajstić information content (AvgIpc) is 2.86. The molecule has 0 spiro atoms. The van der Waals surface area contributed by atoms with Crippen molar-refractivity contribution in [3.8, 4) is 5.75 Å². The summed E-state index contributed by atoms with van der Waals surface area (Å²) >= 11 is 0. The van der Waals surface area contributed by atoms with Crippen LogP contribution in [0.4, 0.5) is 17.6 Å². The Kier molecular flexibility index (Phi) is 6.68. The monoisotopic (exact) mass is 455 g/mol. The molecule has 1 aromatic carbocycles. The van der Waals surface area contributed by atoms with E-state index in [-0.39, 0.29) is 24.9 Å². The molecule has 32 heavy (non-hydrogen) atoms. The number of halogens is 4. The maximum atomic E-state index is 14.2. The van der Waals surface area contributed by atoms with Crippen LogP contribution in [0.1, 0.15) is 45.3 Å². The van der Waals surface area contributed by atoms with Crippen LogP contribution in [0.25, 0.3) is 0 Å². The summed E-state index contributed by atoms with van der Waals surface area (Å²) < 4.78 is 56.3. The van der Waals surface area contributed by atoms with Crippen molar-refractivity contribution in [1.82, 2.24) is 14.8 Å². The summed E-state index contributed by atoms with van der Waals surface area (Å²) in [7, 11) is 1.61. The van der Waals surface area contributed by atoms with E-state index in [1.807, 2.05) is 0 Å². The molecule has 2 heterocycles. The number of pyridine rings is 1. The summed E-state index contributed by atoms with van der Waals surface area (Å²) in [6.45, 7) is -0.214. The molecule has 0 radical (unpaired) electrons. The molecule has 7 nitrogen and oxygen atoms in total. The zero-order valence-electron chi connectivity index (χ0n) is 17.1. The molecule has 0 saturated carbocycles. The number of hydrogen-bond donors (Lipinski definition) is 2. The van der Waals surface area contributed by atoms with Crippen molar-refractivity contribution in [2.45, 2.75) is 31.4 Å².